The Bertz CT molecular complexity index is 306. The average Bonchev–Trinajstić information content (AvgIpc) is 2.04. The molecule has 1 amide bonds. The van der Waals surface area contributed by atoms with E-state index in [4.69, 9.17) is 10.5 Å². The molecule has 1 aliphatic rings. The van der Waals surface area contributed by atoms with Gasteiger partial charge in [-0.2, -0.15) is 13.2 Å². The van der Waals surface area contributed by atoms with Crippen molar-refractivity contribution in [3.63, 3.8) is 0 Å². The number of hydrogen-bond acceptors (Lipinski definition) is 3. The van der Waals surface area contributed by atoms with Crippen LogP contribution in [0.5, 0.6) is 0 Å². The van der Waals surface area contributed by atoms with Crippen LogP contribution in [-0.4, -0.2) is 42.4 Å². The van der Waals surface area contributed by atoms with E-state index in [2.05, 4.69) is 0 Å². The number of amides is 1. The second-order valence-corrected chi connectivity index (χ2v) is 5.53. The molecule has 7 heteroatoms. The van der Waals surface area contributed by atoms with Crippen LogP contribution in [0, 0.1) is 11.8 Å². The lowest BCUT2D eigenvalue weighted by molar-refractivity contribution is -0.197. The molecule has 1 rings (SSSR count). The molecule has 1 atom stereocenters. The first-order valence-corrected chi connectivity index (χ1v) is 5.79. The normalized spacial score (nSPS) is 19.4. The van der Waals surface area contributed by atoms with E-state index in [9.17, 15) is 18.0 Å². The predicted octanol–water partition coefficient (Wildman–Crippen LogP) is 1.99. The summed E-state index contributed by atoms with van der Waals surface area (Å²) in [6, 6.07) is 0. The van der Waals surface area contributed by atoms with Gasteiger partial charge in [0, 0.05) is 25.6 Å². The summed E-state index contributed by atoms with van der Waals surface area (Å²) >= 11 is 0. The van der Waals surface area contributed by atoms with E-state index in [0.717, 1.165) is 0 Å². The van der Waals surface area contributed by atoms with Gasteiger partial charge in [0.05, 0.1) is 5.92 Å². The quantitative estimate of drug-likeness (QED) is 0.833. The van der Waals surface area contributed by atoms with Crippen molar-refractivity contribution in [1.29, 1.82) is 0 Å². The fraction of sp³-hybridized carbons (Fsp3) is 0.909. The Morgan fingerprint density at radius 2 is 1.89 bits per heavy atom. The maximum absolute atomic E-state index is 12.6. The van der Waals surface area contributed by atoms with E-state index in [-0.39, 0.29) is 13.1 Å². The number of carbonyl (C=O) groups excluding carboxylic acids is 1. The topological polar surface area (TPSA) is 55.6 Å². The molecule has 0 spiro atoms. The smallest absolute Gasteiger partial charge is 0.410 e. The zero-order chi connectivity index (χ0) is 14.1. The summed E-state index contributed by atoms with van der Waals surface area (Å²) in [5.41, 5.74) is 4.50. The van der Waals surface area contributed by atoms with Gasteiger partial charge in [-0.15, -0.1) is 0 Å². The van der Waals surface area contributed by atoms with Crippen LogP contribution in [0.25, 0.3) is 0 Å². The van der Waals surface area contributed by atoms with Crippen LogP contribution in [0.4, 0.5) is 18.0 Å². The molecule has 0 aromatic carbocycles. The van der Waals surface area contributed by atoms with Crippen molar-refractivity contribution in [3.05, 3.63) is 0 Å². The molecule has 1 fully saturated rings. The lowest BCUT2D eigenvalue weighted by atomic mass is 9.85. The molecule has 0 bridgehead atoms. The van der Waals surface area contributed by atoms with Crippen LogP contribution in [0.15, 0.2) is 0 Å². The first-order chi connectivity index (χ1) is 8.04. The van der Waals surface area contributed by atoms with Crippen molar-refractivity contribution in [2.24, 2.45) is 17.6 Å². The SMILES string of the molecule is CC(C)(C)OC(=O)N1CC(C(CN)C(F)(F)F)C1. The minimum atomic E-state index is -4.31. The third kappa shape index (κ3) is 3.76. The third-order valence-corrected chi connectivity index (χ3v) is 2.80. The van der Waals surface area contributed by atoms with Gasteiger partial charge in [0.2, 0.25) is 0 Å². The number of carbonyl (C=O) groups is 1. The standard InChI is InChI=1S/C11H19F3N2O2/c1-10(2,3)18-9(17)16-5-7(6-16)8(4-15)11(12,13)14/h7-8H,4-6,15H2,1-3H3. The average molecular weight is 268 g/mol. The second kappa shape index (κ2) is 4.95. The van der Waals surface area contributed by atoms with Crippen LogP contribution >= 0.6 is 0 Å². The van der Waals surface area contributed by atoms with Crippen LogP contribution in [0.3, 0.4) is 0 Å². The molecule has 1 saturated heterocycles. The molecule has 4 nitrogen and oxygen atoms in total. The Kier molecular flexibility index (Phi) is 4.15. The van der Waals surface area contributed by atoms with E-state index >= 15 is 0 Å². The molecule has 0 aliphatic carbocycles. The van der Waals surface area contributed by atoms with Gasteiger partial charge >= 0.3 is 12.3 Å². The lowest BCUT2D eigenvalue weighted by Gasteiger charge is -2.43. The first-order valence-electron chi connectivity index (χ1n) is 5.79. The van der Waals surface area contributed by atoms with Crippen molar-refractivity contribution < 1.29 is 22.7 Å². The molecule has 1 aliphatic heterocycles. The Balaban J connectivity index is 2.46. The van der Waals surface area contributed by atoms with Gasteiger partial charge in [-0.25, -0.2) is 4.79 Å². The number of ether oxygens (including phenoxy) is 1. The van der Waals surface area contributed by atoms with Gasteiger partial charge in [0.25, 0.3) is 0 Å². The number of likely N-dealkylation sites (tertiary alicyclic amines) is 1. The van der Waals surface area contributed by atoms with E-state index in [1.165, 1.54) is 4.90 Å². The van der Waals surface area contributed by atoms with Gasteiger partial charge in [-0.3, -0.25) is 0 Å². The van der Waals surface area contributed by atoms with Crippen molar-refractivity contribution in [3.8, 4) is 0 Å². The Morgan fingerprint density at radius 3 is 2.22 bits per heavy atom. The lowest BCUT2D eigenvalue weighted by Crippen LogP contribution is -2.57. The molecular weight excluding hydrogens is 249 g/mol. The van der Waals surface area contributed by atoms with Gasteiger partial charge in [-0.05, 0) is 20.8 Å². The van der Waals surface area contributed by atoms with E-state index in [0.29, 0.717) is 0 Å². The van der Waals surface area contributed by atoms with E-state index in [1.54, 1.807) is 20.8 Å². The summed E-state index contributed by atoms with van der Waals surface area (Å²) in [5.74, 6) is -2.17. The summed E-state index contributed by atoms with van der Waals surface area (Å²) in [6.07, 6.45) is -4.88. The number of alkyl halides is 3. The summed E-state index contributed by atoms with van der Waals surface area (Å²) < 4.78 is 42.8. The highest BCUT2D eigenvalue weighted by Gasteiger charge is 2.49. The summed E-state index contributed by atoms with van der Waals surface area (Å²) in [7, 11) is 0. The Morgan fingerprint density at radius 1 is 1.39 bits per heavy atom. The molecule has 2 N–H and O–H groups in total. The summed E-state index contributed by atoms with van der Waals surface area (Å²) in [6.45, 7) is 4.78. The highest BCUT2D eigenvalue weighted by atomic mass is 19.4. The fourth-order valence-corrected chi connectivity index (χ4v) is 1.84. The molecule has 1 unspecified atom stereocenters. The third-order valence-electron chi connectivity index (χ3n) is 2.80. The predicted molar refractivity (Wildman–Crippen MR) is 59.9 cm³/mol. The fourth-order valence-electron chi connectivity index (χ4n) is 1.84. The Hall–Kier alpha value is -0.980. The van der Waals surface area contributed by atoms with E-state index < -0.39 is 36.3 Å². The highest BCUT2D eigenvalue weighted by molar-refractivity contribution is 5.69. The molecule has 0 aromatic rings. The van der Waals surface area contributed by atoms with Gasteiger partial charge in [-0.1, -0.05) is 0 Å². The zero-order valence-electron chi connectivity index (χ0n) is 10.8. The van der Waals surface area contributed by atoms with Crippen LogP contribution < -0.4 is 5.73 Å². The number of rotatable bonds is 2. The monoisotopic (exact) mass is 268 g/mol. The summed E-state index contributed by atoms with van der Waals surface area (Å²) in [4.78, 5) is 12.8. The molecular formula is C11H19F3N2O2. The molecule has 18 heavy (non-hydrogen) atoms. The minimum Gasteiger partial charge on any atom is -0.444 e. The van der Waals surface area contributed by atoms with Crippen molar-refractivity contribution >= 4 is 6.09 Å². The van der Waals surface area contributed by atoms with Crippen molar-refractivity contribution in [2.45, 2.75) is 32.5 Å². The first kappa shape index (κ1) is 15.1. The molecule has 0 radical (unpaired) electrons. The second-order valence-electron chi connectivity index (χ2n) is 5.53. The van der Waals surface area contributed by atoms with Gasteiger partial charge in [0.15, 0.2) is 0 Å². The maximum Gasteiger partial charge on any atom is 0.410 e. The number of hydrogen-bond donors (Lipinski definition) is 1. The molecule has 1 heterocycles. The maximum atomic E-state index is 12.6. The number of halogens is 3. The minimum absolute atomic E-state index is 0.0519. The molecule has 106 valence electrons. The van der Waals surface area contributed by atoms with Crippen LogP contribution in [0.1, 0.15) is 20.8 Å². The van der Waals surface area contributed by atoms with Crippen LogP contribution in [0.2, 0.25) is 0 Å². The van der Waals surface area contributed by atoms with Crippen molar-refractivity contribution in [1.82, 2.24) is 4.90 Å². The molecule has 0 saturated carbocycles. The summed E-state index contributed by atoms with van der Waals surface area (Å²) in [5, 5.41) is 0. The van der Waals surface area contributed by atoms with Crippen molar-refractivity contribution in [2.75, 3.05) is 19.6 Å². The number of nitrogens with zero attached hydrogens (tertiary/aromatic N) is 1. The van der Waals surface area contributed by atoms with Gasteiger partial charge < -0.3 is 15.4 Å². The van der Waals surface area contributed by atoms with Crippen LogP contribution in [-0.2, 0) is 4.74 Å². The van der Waals surface area contributed by atoms with Gasteiger partial charge in [0.1, 0.15) is 5.60 Å². The highest BCUT2D eigenvalue weighted by Crippen LogP contribution is 2.36. The Labute approximate surface area is 104 Å². The number of nitrogens with two attached hydrogens (primary N) is 1. The molecule has 0 aromatic heterocycles. The largest absolute Gasteiger partial charge is 0.444 e. The van der Waals surface area contributed by atoms with E-state index in [1.807, 2.05) is 0 Å². The zero-order valence-corrected chi connectivity index (χ0v) is 10.8.